The number of hydrogen-bond donors (Lipinski definition) is 1. The third kappa shape index (κ3) is 2.84. The van der Waals surface area contributed by atoms with Crippen LogP contribution in [0.15, 0.2) is 29.8 Å². The quantitative estimate of drug-likeness (QED) is 0.846. The first-order valence-electron chi connectivity index (χ1n) is 6.39. The summed E-state index contributed by atoms with van der Waals surface area (Å²) in [6, 6.07) is 7.66. The molecule has 1 amide bonds. The zero-order valence-corrected chi connectivity index (χ0v) is 11.2. The summed E-state index contributed by atoms with van der Waals surface area (Å²) in [4.78, 5) is 23.6. The highest BCUT2D eigenvalue weighted by molar-refractivity contribution is 6.03. The van der Waals surface area contributed by atoms with Crippen molar-refractivity contribution in [1.82, 2.24) is 5.32 Å². The van der Waals surface area contributed by atoms with E-state index in [1.165, 1.54) is 0 Å². The van der Waals surface area contributed by atoms with Gasteiger partial charge in [-0.3, -0.25) is 4.79 Å². The lowest BCUT2D eigenvalue weighted by Crippen LogP contribution is -2.30. The van der Waals surface area contributed by atoms with Crippen LogP contribution in [0.3, 0.4) is 0 Å². The minimum Gasteiger partial charge on any atom is -0.463 e. The van der Waals surface area contributed by atoms with Gasteiger partial charge in [-0.15, -0.1) is 0 Å². The monoisotopic (exact) mass is 259 g/mol. The number of benzene rings is 1. The Labute approximate surface area is 112 Å². The van der Waals surface area contributed by atoms with Crippen LogP contribution in [0.4, 0.5) is 0 Å². The van der Waals surface area contributed by atoms with Gasteiger partial charge >= 0.3 is 5.97 Å². The molecule has 0 aromatic heterocycles. The molecule has 1 aromatic carbocycles. The zero-order valence-electron chi connectivity index (χ0n) is 11.2. The minimum atomic E-state index is -0.347. The Bertz CT molecular complexity index is 546. The summed E-state index contributed by atoms with van der Waals surface area (Å²) in [5.41, 5.74) is 3.03. The maximum Gasteiger partial charge on any atom is 0.336 e. The van der Waals surface area contributed by atoms with Gasteiger partial charge in [0, 0.05) is 12.0 Å². The first kappa shape index (κ1) is 13.3. The van der Waals surface area contributed by atoms with Gasteiger partial charge in [0.15, 0.2) is 0 Å². The molecule has 0 spiro atoms. The van der Waals surface area contributed by atoms with Crippen LogP contribution < -0.4 is 5.32 Å². The van der Waals surface area contributed by atoms with Crippen molar-refractivity contribution >= 4 is 17.6 Å². The number of hydrogen-bond acceptors (Lipinski definition) is 3. The molecule has 4 heteroatoms. The SMILES string of the molecule is CCOC(=O)C1=C(c2ccccc2C)NC(=O)CC1. The lowest BCUT2D eigenvalue weighted by molar-refractivity contribution is -0.138. The molecule has 0 atom stereocenters. The van der Waals surface area contributed by atoms with Crippen molar-refractivity contribution in [3.8, 4) is 0 Å². The maximum absolute atomic E-state index is 12.0. The fourth-order valence-electron chi connectivity index (χ4n) is 2.15. The van der Waals surface area contributed by atoms with Crippen LogP contribution in [-0.4, -0.2) is 18.5 Å². The van der Waals surface area contributed by atoms with E-state index in [-0.39, 0.29) is 11.9 Å². The fraction of sp³-hybridized carbons (Fsp3) is 0.333. The van der Waals surface area contributed by atoms with E-state index in [4.69, 9.17) is 4.74 Å². The van der Waals surface area contributed by atoms with Gasteiger partial charge in [0.05, 0.1) is 17.9 Å². The van der Waals surface area contributed by atoms with Gasteiger partial charge in [-0.05, 0) is 25.8 Å². The van der Waals surface area contributed by atoms with Crippen LogP contribution in [0, 0.1) is 6.92 Å². The lowest BCUT2D eigenvalue weighted by Gasteiger charge is -2.21. The summed E-state index contributed by atoms with van der Waals surface area (Å²) in [7, 11) is 0. The molecule has 1 aliphatic heterocycles. The van der Waals surface area contributed by atoms with E-state index in [1.54, 1.807) is 6.92 Å². The van der Waals surface area contributed by atoms with Crippen LogP contribution in [-0.2, 0) is 14.3 Å². The third-order valence-corrected chi connectivity index (χ3v) is 3.10. The number of rotatable bonds is 3. The van der Waals surface area contributed by atoms with Gasteiger partial charge in [0.25, 0.3) is 0 Å². The van der Waals surface area contributed by atoms with Gasteiger partial charge < -0.3 is 10.1 Å². The Balaban J connectivity index is 2.48. The molecule has 2 rings (SSSR count). The molecule has 19 heavy (non-hydrogen) atoms. The second-order valence-electron chi connectivity index (χ2n) is 4.44. The highest BCUT2D eigenvalue weighted by Gasteiger charge is 2.25. The Morgan fingerprint density at radius 1 is 1.32 bits per heavy atom. The number of carbonyl (C=O) groups is 2. The Morgan fingerprint density at radius 2 is 2.05 bits per heavy atom. The summed E-state index contributed by atoms with van der Waals surface area (Å²) < 4.78 is 5.06. The molecule has 100 valence electrons. The van der Waals surface area contributed by atoms with Gasteiger partial charge in [0.1, 0.15) is 0 Å². The zero-order chi connectivity index (χ0) is 13.8. The summed E-state index contributed by atoms with van der Waals surface area (Å²) in [6.07, 6.45) is 0.748. The molecule has 1 N–H and O–H groups in total. The highest BCUT2D eigenvalue weighted by atomic mass is 16.5. The Kier molecular flexibility index (Phi) is 4.00. The molecule has 0 saturated heterocycles. The predicted molar refractivity (Wildman–Crippen MR) is 72.1 cm³/mol. The average molecular weight is 259 g/mol. The normalized spacial score (nSPS) is 15.2. The molecular weight excluding hydrogens is 242 g/mol. The van der Waals surface area contributed by atoms with Crippen LogP contribution in [0.1, 0.15) is 30.9 Å². The van der Waals surface area contributed by atoms with E-state index < -0.39 is 0 Å². The molecule has 0 radical (unpaired) electrons. The third-order valence-electron chi connectivity index (χ3n) is 3.10. The maximum atomic E-state index is 12.0. The molecule has 0 fully saturated rings. The number of esters is 1. The second kappa shape index (κ2) is 5.69. The van der Waals surface area contributed by atoms with Gasteiger partial charge in [-0.2, -0.15) is 0 Å². The highest BCUT2D eigenvalue weighted by Crippen LogP contribution is 2.26. The van der Waals surface area contributed by atoms with Crippen molar-refractivity contribution in [2.75, 3.05) is 6.61 Å². The van der Waals surface area contributed by atoms with E-state index in [1.807, 2.05) is 31.2 Å². The molecular formula is C15H17NO3. The summed E-state index contributed by atoms with van der Waals surface area (Å²) >= 11 is 0. The molecule has 0 aliphatic carbocycles. The first-order chi connectivity index (χ1) is 9.13. The van der Waals surface area contributed by atoms with Crippen LogP contribution in [0.2, 0.25) is 0 Å². The number of carbonyl (C=O) groups excluding carboxylic acids is 2. The van der Waals surface area contributed by atoms with Crippen LogP contribution in [0.25, 0.3) is 5.70 Å². The van der Waals surface area contributed by atoms with Crippen molar-refractivity contribution in [2.45, 2.75) is 26.7 Å². The van der Waals surface area contributed by atoms with Crippen LogP contribution >= 0.6 is 0 Å². The first-order valence-corrected chi connectivity index (χ1v) is 6.39. The van der Waals surface area contributed by atoms with Crippen molar-refractivity contribution in [3.63, 3.8) is 0 Å². The minimum absolute atomic E-state index is 0.0636. The Morgan fingerprint density at radius 3 is 2.74 bits per heavy atom. The smallest absolute Gasteiger partial charge is 0.336 e. The molecule has 0 bridgehead atoms. The Hall–Kier alpha value is -2.10. The second-order valence-corrected chi connectivity index (χ2v) is 4.44. The van der Waals surface area contributed by atoms with E-state index in [0.717, 1.165) is 11.1 Å². The lowest BCUT2D eigenvalue weighted by atomic mass is 9.96. The van der Waals surface area contributed by atoms with E-state index in [2.05, 4.69) is 5.32 Å². The summed E-state index contributed by atoms with van der Waals surface area (Å²) in [5, 5.41) is 2.80. The van der Waals surface area contributed by atoms with Crippen molar-refractivity contribution in [2.24, 2.45) is 0 Å². The number of amides is 1. The molecule has 0 saturated carbocycles. The fourth-order valence-corrected chi connectivity index (χ4v) is 2.15. The standard InChI is InChI=1S/C15H17NO3/c1-3-19-15(18)12-8-9-13(17)16-14(12)11-7-5-4-6-10(11)2/h4-7H,3,8-9H2,1-2H3,(H,16,17). The van der Waals surface area contributed by atoms with E-state index in [0.29, 0.717) is 30.7 Å². The van der Waals surface area contributed by atoms with Crippen molar-refractivity contribution in [1.29, 1.82) is 0 Å². The number of aryl methyl sites for hydroxylation is 1. The summed E-state index contributed by atoms with van der Waals surface area (Å²) in [5.74, 6) is -0.410. The van der Waals surface area contributed by atoms with Crippen molar-refractivity contribution in [3.05, 3.63) is 41.0 Å². The van der Waals surface area contributed by atoms with Crippen LogP contribution in [0.5, 0.6) is 0 Å². The largest absolute Gasteiger partial charge is 0.463 e. The molecule has 1 heterocycles. The molecule has 1 aromatic rings. The molecule has 1 aliphatic rings. The predicted octanol–water partition coefficient (Wildman–Crippen LogP) is 2.18. The summed E-state index contributed by atoms with van der Waals surface area (Å²) in [6.45, 7) is 4.05. The van der Waals surface area contributed by atoms with E-state index >= 15 is 0 Å². The van der Waals surface area contributed by atoms with E-state index in [9.17, 15) is 9.59 Å². The average Bonchev–Trinajstić information content (AvgIpc) is 2.39. The molecule has 4 nitrogen and oxygen atoms in total. The number of nitrogens with one attached hydrogen (secondary N) is 1. The van der Waals surface area contributed by atoms with Crippen molar-refractivity contribution < 1.29 is 14.3 Å². The number of ether oxygens (including phenoxy) is 1. The van der Waals surface area contributed by atoms with Gasteiger partial charge in [-0.1, -0.05) is 24.3 Å². The van der Waals surface area contributed by atoms with Gasteiger partial charge in [0.2, 0.25) is 5.91 Å². The topological polar surface area (TPSA) is 55.4 Å². The van der Waals surface area contributed by atoms with Gasteiger partial charge in [-0.25, -0.2) is 4.79 Å². The molecule has 0 unspecified atom stereocenters.